The van der Waals surface area contributed by atoms with Crippen molar-refractivity contribution in [2.24, 2.45) is 0 Å². The van der Waals surface area contributed by atoms with E-state index in [0.29, 0.717) is 11.4 Å². The summed E-state index contributed by atoms with van der Waals surface area (Å²) in [6, 6.07) is 17.6. The number of carbonyl (C=O) groups excluding carboxylic acids is 3. The molecule has 0 N–H and O–H groups in total. The van der Waals surface area contributed by atoms with Gasteiger partial charge in [-0.3, -0.25) is 14.5 Å². The van der Waals surface area contributed by atoms with Crippen LogP contribution in [-0.4, -0.2) is 47.6 Å². The number of hydrogen-bond acceptors (Lipinski definition) is 4. The maximum atomic E-state index is 13.4. The maximum Gasteiger partial charge on any atom is 0.338 e. The molecular weight excluding hydrogens is 418 g/mol. The van der Waals surface area contributed by atoms with Gasteiger partial charge in [-0.05, 0) is 67.4 Å². The summed E-state index contributed by atoms with van der Waals surface area (Å²) >= 11 is 0. The van der Waals surface area contributed by atoms with Gasteiger partial charge in [-0.2, -0.15) is 0 Å². The van der Waals surface area contributed by atoms with Gasteiger partial charge in [-0.1, -0.05) is 24.3 Å². The second kappa shape index (κ2) is 9.26. The van der Waals surface area contributed by atoms with Gasteiger partial charge in [0.2, 0.25) is 0 Å². The van der Waals surface area contributed by atoms with Crippen molar-refractivity contribution < 1.29 is 19.1 Å². The molecule has 3 aromatic rings. The number of hydrogen-bond donors (Lipinski definition) is 0. The first-order chi connectivity index (χ1) is 15.9. The Bertz CT molecular complexity index is 1240. The molecule has 168 valence electrons. The Morgan fingerprint density at radius 3 is 2.30 bits per heavy atom. The number of aryl methyl sites for hydroxylation is 2. The molecule has 2 aromatic carbocycles. The zero-order valence-corrected chi connectivity index (χ0v) is 18.8. The number of amides is 4. The van der Waals surface area contributed by atoms with Crippen molar-refractivity contribution in [3.63, 3.8) is 0 Å². The zero-order valence-electron chi connectivity index (χ0n) is 18.8. The molecule has 33 heavy (non-hydrogen) atoms. The lowest BCUT2D eigenvalue weighted by atomic mass is 10.1. The van der Waals surface area contributed by atoms with E-state index in [1.54, 1.807) is 36.4 Å². The Labute approximate surface area is 192 Å². The van der Waals surface area contributed by atoms with E-state index in [1.165, 1.54) is 12.7 Å². The van der Waals surface area contributed by atoms with Crippen LogP contribution >= 0.6 is 0 Å². The molecule has 0 aliphatic carbocycles. The third-order valence-electron chi connectivity index (χ3n) is 5.71. The summed E-state index contributed by atoms with van der Waals surface area (Å²) in [7, 11) is 1.49. The van der Waals surface area contributed by atoms with E-state index in [1.807, 2.05) is 54.9 Å². The number of para-hydroxylation sites is 1. The van der Waals surface area contributed by atoms with Gasteiger partial charge in [-0.25, -0.2) is 9.69 Å². The standard InChI is InChI=1S/C26H25N3O4/c1-18-11-12-22(16-19(18)2)27-13-7-10-21(27)17-23-24(30)28(14-15-33-3)26(32)29(25(23)31)20-8-5-4-6-9-20/h4-13,16-17H,14-15H2,1-3H3/b23-17-. The fourth-order valence-electron chi connectivity index (χ4n) is 3.73. The van der Waals surface area contributed by atoms with Crippen molar-refractivity contribution >= 4 is 29.6 Å². The van der Waals surface area contributed by atoms with Crippen LogP contribution in [0.2, 0.25) is 0 Å². The first kappa shape index (κ1) is 22.2. The van der Waals surface area contributed by atoms with E-state index in [4.69, 9.17) is 4.74 Å². The Hall–Kier alpha value is -3.97. The number of carbonyl (C=O) groups is 3. The van der Waals surface area contributed by atoms with Crippen molar-refractivity contribution in [2.75, 3.05) is 25.2 Å². The van der Waals surface area contributed by atoms with E-state index < -0.39 is 17.8 Å². The number of benzene rings is 2. The van der Waals surface area contributed by atoms with Crippen molar-refractivity contribution in [3.8, 4) is 5.69 Å². The molecule has 0 bridgehead atoms. The Morgan fingerprint density at radius 1 is 0.848 bits per heavy atom. The minimum Gasteiger partial charge on any atom is -0.383 e. The quantitative estimate of drug-likeness (QED) is 0.424. The van der Waals surface area contributed by atoms with Crippen LogP contribution in [0.3, 0.4) is 0 Å². The molecule has 0 radical (unpaired) electrons. The van der Waals surface area contributed by atoms with Crippen LogP contribution in [0.4, 0.5) is 10.5 Å². The predicted molar refractivity (Wildman–Crippen MR) is 126 cm³/mol. The Balaban J connectivity index is 1.79. The lowest BCUT2D eigenvalue weighted by Crippen LogP contribution is -2.57. The highest BCUT2D eigenvalue weighted by Gasteiger charge is 2.42. The molecule has 2 heterocycles. The summed E-state index contributed by atoms with van der Waals surface area (Å²) in [4.78, 5) is 41.8. The van der Waals surface area contributed by atoms with Gasteiger partial charge in [-0.15, -0.1) is 0 Å². The minimum atomic E-state index is -0.685. The highest BCUT2D eigenvalue weighted by molar-refractivity contribution is 6.39. The van der Waals surface area contributed by atoms with Crippen molar-refractivity contribution in [2.45, 2.75) is 13.8 Å². The first-order valence-electron chi connectivity index (χ1n) is 10.6. The molecule has 0 atom stereocenters. The minimum absolute atomic E-state index is 0.0420. The lowest BCUT2D eigenvalue weighted by Gasteiger charge is -2.33. The van der Waals surface area contributed by atoms with Gasteiger partial charge in [0.05, 0.1) is 18.8 Å². The van der Waals surface area contributed by atoms with Crippen LogP contribution in [0, 0.1) is 13.8 Å². The summed E-state index contributed by atoms with van der Waals surface area (Å²) < 4.78 is 6.98. The SMILES string of the molecule is COCCN1C(=O)/C(=C/c2cccn2-c2ccc(C)c(C)c2)C(=O)N(c2ccccc2)C1=O. The van der Waals surface area contributed by atoms with Crippen LogP contribution in [0.25, 0.3) is 11.8 Å². The number of urea groups is 1. The zero-order chi connectivity index (χ0) is 23.5. The molecule has 1 fully saturated rings. The van der Waals surface area contributed by atoms with E-state index >= 15 is 0 Å². The molecule has 4 amide bonds. The highest BCUT2D eigenvalue weighted by atomic mass is 16.5. The number of nitrogens with zero attached hydrogens (tertiary/aromatic N) is 3. The second-order valence-corrected chi connectivity index (χ2v) is 7.84. The molecule has 0 spiro atoms. The summed E-state index contributed by atoms with van der Waals surface area (Å²) in [6.07, 6.45) is 3.42. The van der Waals surface area contributed by atoms with Crippen LogP contribution in [0.5, 0.6) is 0 Å². The molecule has 0 saturated carbocycles. The average Bonchev–Trinajstić information content (AvgIpc) is 3.27. The summed E-state index contributed by atoms with van der Waals surface area (Å²) in [5, 5.41) is 0. The van der Waals surface area contributed by atoms with E-state index in [9.17, 15) is 14.4 Å². The van der Waals surface area contributed by atoms with Gasteiger partial charge in [0.15, 0.2) is 0 Å². The maximum absolute atomic E-state index is 13.4. The van der Waals surface area contributed by atoms with Gasteiger partial charge in [0.25, 0.3) is 11.8 Å². The van der Waals surface area contributed by atoms with Gasteiger partial charge in [0, 0.05) is 24.7 Å². The van der Waals surface area contributed by atoms with Crippen LogP contribution in [0.15, 0.2) is 72.4 Å². The van der Waals surface area contributed by atoms with E-state index in [-0.39, 0.29) is 18.7 Å². The number of ether oxygens (including phenoxy) is 1. The number of aromatic nitrogens is 1. The first-order valence-corrected chi connectivity index (χ1v) is 10.6. The van der Waals surface area contributed by atoms with Crippen molar-refractivity contribution in [1.82, 2.24) is 9.47 Å². The third kappa shape index (κ3) is 4.23. The Kier molecular flexibility index (Phi) is 6.24. The molecule has 1 saturated heterocycles. The second-order valence-electron chi connectivity index (χ2n) is 7.84. The molecule has 1 aliphatic heterocycles. The van der Waals surface area contributed by atoms with E-state index in [2.05, 4.69) is 0 Å². The molecular formula is C26H25N3O4. The fraction of sp³-hybridized carbons (Fsp3) is 0.192. The van der Waals surface area contributed by atoms with Gasteiger partial charge < -0.3 is 9.30 Å². The molecule has 1 aliphatic rings. The normalized spacial score (nSPS) is 15.6. The fourth-order valence-corrected chi connectivity index (χ4v) is 3.73. The van der Waals surface area contributed by atoms with Gasteiger partial charge in [0.1, 0.15) is 5.57 Å². The van der Waals surface area contributed by atoms with Crippen LogP contribution < -0.4 is 4.90 Å². The molecule has 4 rings (SSSR count). The van der Waals surface area contributed by atoms with Crippen LogP contribution in [0.1, 0.15) is 16.8 Å². The molecule has 7 nitrogen and oxygen atoms in total. The lowest BCUT2D eigenvalue weighted by molar-refractivity contribution is -0.129. The topological polar surface area (TPSA) is 71.8 Å². The summed E-state index contributed by atoms with van der Waals surface area (Å²) in [5.41, 5.74) is 4.20. The van der Waals surface area contributed by atoms with Crippen LogP contribution in [-0.2, 0) is 14.3 Å². The molecule has 0 unspecified atom stereocenters. The van der Waals surface area contributed by atoms with E-state index in [0.717, 1.165) is 21.1 Å². The number of methoxy groups -OCH3 is 1. The van der Waals surface area contributed by atoms with Crippen molar-refractivity contribution in [1.29, 1.82) is 0 Å². The molecule has 7 heteroatoms. The number of barbiturate groups is 1. The smallest absolute Gasteiger partial charge is 0.338 e. The highest BCUT2D eigenvalue weighted by Crippen LogP contribution is 2.27. The largest absolute Gasteiger partial charge is 0.383 e. The summed E-state index contributed by atoms with van der Waals surface area (Å²) in [6.45, 7) is 4.29. The van der Waals surface area contributed by atoms with Crippen molar-refractivity contribution in [3.05, 3.63) is 89.3 Å². The molecule has 1 aromatic heterocycles. The predicted octanol–water partition coefficient (Wildman–Crippen LogP) is 4.12. The summed E-state index contributed by atoms with van der Waals surface area (Å²) in [5.74, 6) is -1.29. The Morgan fingerprint density at radius 2 is 1.61 bits per heavy atom. The number of imide groups is 2. The van der Waals surface area contributed by atoms with Gasteiger partial charge >= 0.3 is 6.03 Å². The number of anilines is 1. The third-order valence-corrected chi connectivity index (χ3v) is 5.71. The monoisotopic (exact) mass is 443 g/mol. The average molecular weight is 444 g/mol. The number of rotatable bonds is 6.